The second-order valence-electron chi connectivity index (χ2n) is 13.5. The Bertz CT molecular complexity index is 1240. The zero-order chi connectivity index (χ0) is 32.6. The fourth-order valence-corrected chi connectivity index (χ4v) is 5.28. The fraction of sp³-hybridized carbons (Fsp3) is 0.583. The van der Waals surface area contributed by atoms with Gasteiger partial charge in [-0.3, -0.25) is 9.59 Å². The van der Waals surface area contributed by atoms with Gasteiger partial charge in [0.1, 0.15) is 17.7 Å². The Kier molecular flexibility index (Phi) is 12.8. The van der Waals surface area contributed by atoms with Gasteiger partial charge in [-0.25, -0.2) is 4.79 Å². The summed E-state index contributed by atoms with van der Waals surface area (Å²) in [6.45, 7) is 23.6. The summed E-state index contributed by atoms with van der Waals surface area (Å²) in [5, 5.41) is 6.07. The van der Waals surface area contributed by atoms with Crippen molar-refractivity contribution < 1.29 is 19.1 Å². The number of ether oxygens (including phenoxy) is 1. The van der Waals surface area contributed by atoms with Crippen LogP contribution in [0.3, 0.4) is 0 Å². The highest BCUT2D eigenvalue weighted by atomic mass is 16.6. The number of amides is 3. The lowest BCUT2D eigenvalue weighted by Gasteiger charge is -2.40. The van der Waals surface area contributed by atoms with E-state index in [9.17, 15) is 14.4 Å². The Morgan fingerprint density at radius 3 is 1.95 bits per heavy atom. The standard InChI is InChI=1S/C36H55N3O4/c1-13-23(4)31(38-35(42)43-36(10,11)12)34(41)39(27(8)21-20-22(2)3)32(29-19-15-16-24(5)28(29)9)33(40)37-30-25(6)17-14-18-26(30)7/h14-19,22-23,27,31-32H,13,20-21H2,1-12H3,(H,37,40)(H,38,42). The number of hydrogen-bond acceptors (Lipinski definition) is 4. The largest absolute Gasteiger partial charge is 0.444 e. The summed E-state index contributed by atoms with van der Waals surface area (Å²) < 4.78 is 5.56. The fourth-order valence-electron chi connectivity index (χ4n) is 5.28. The predicted molar refractivity (Wildman–Crippen MR) is 176 cm³/mol. The number of nitrogens with one attached hydrogen (secondary N) is 2. The molecule has 0 spiro atoms. The zero-order valence-electron chi connectivity index (χ0n) is 28.6. The number of rotatable bonds is 12. The van der Waals surface area contributed by atoms with Gasteiger partial charge in [0.15, 0.2) is 0 Å². The van der Waals surface area contributed by atoms with Crippen molar-refractivity contribution in [2.75, 3.05) is 5.32 Å². The van der Waals surface area contributed by atoms with Gasteiger partial charge in [0.25, 0.3) is 5.91 Å². The lowest BCUT2D eigenvalue weighted by atomic mass is 9.90. The third-order valence-electron chi connectivity index (χ3n) is 8.24. The van der Waals surface area contributed by atoms with Gasteiger partial charge in [0.2, 0.25) is 5.91 Å². The molecular formula is C36H55N3O4. The summed E-state index contributed by atoms with van der Waals surface area (Å²) in [6, 6.07) is 9.71. The quantitative estimate of drug-likeness (QED) is 0.260. The third kappa shape index (κ3) is 9.84. The number of benzene rings is 2. The van der Waals surface area contributed by atoms with E-state index in [4.69, 9.17) is 4.74 Å². The van der Waals surface area contributed by atoms with Crippen molar-refractivity contribution in [3.8, 4) is 0 Å². The molecule has 3 amide bonds. The molecule has 2 aromatic carbocycles. The van der Waals surface area contributed by atoms with E-state index < -0.39 is 23.8 Å². The number of carbonyl (C=O) groups is 3. The average molecular weight is 594 g/mol. The van der Waals surface area contributed by atoms with Gasteiger partial charge in [-0.1, -0.05) is 70.5 Å². The Balaban J connectivity index is 2.76. The predicted octanol–water partition coefficient (Wildman–Crippen LogP) is 8.19. The van der Waals surface area contributed by atoms with Crippen molar-refractivity contribution >= 4 is 23.6 Å². The summed E-state index contributed by atoms with van der Waals surface area (Å²) in [7, 11) is 0. The van der Waals surface area contributed by atoms with Crippen LogP contribution in [0.5, 0.6) is 0 Å². The molecule has 0 aliphatic heterocycles. The minimum Gasteiger partial charge on any atom is -0.444 e. The highest BCUT2D eigenvalue weighted by Gasteiger charge is 2.41. The molecule has 43 heavy (non-hydrogen) atoms. The van der Waals surface area contributed by atoms with Crippen LogP contribution in [-0.4, -0.2) is 40.5 Å². The van der Waals surface area contributed by atoms with Crippen molar-refractivity contribution in [1.29, 1.82) is 0 Å². The number of aryl methyl sites for hydroxylation is 3. The van der Waals surface area contributed by atoms with Gasteiger partial charge in [0, 0.05) is 11.7 Å². The van der Waals surface area contributed by atoms with Gasteiger partial charge in [0.05, 0.1) is 0 Å². The van der Waals surface area contributed by atoms with Crippen molar-refractivity contribution in [2.24, 2.45) is 11.8 Å². The van der Waals surface area contributed by atoms with Crippen molar-refractivity contribution in [2.45, 2.75) is 126 Å². The second kappa shape index (κ2) is 15.4. The van der Waals surface area contributed by atoms with Crippen molar-refractivity contribution in [1.82, 2.24) is 10.2 Å². The van der Waals surface area contributed by atoms with Crippen LogP contribution < -0.4 is 10.6 Å². The number of anilines is 1. The van der Waals surface area contributed by atoms with E-state index in [0.717, 1.165) is 39.9 Å². The molecule has 0 radical (unpaired) electrons. The Morgan fingerprint density at radius 1 is 0.860 bits per heavy atom. The number of para-hydroxylation sites is 1. The first kappa shape index (κ1) is 35.8. The maximum absolute atomic E-state index is 14.8. The van der Waals surface area contributed by atoms with Crippen LogP contribution >= 0.6 is 0 Å². The first-order chi connectivity index (χ1) is 20.0. The molecule has 7 nitrogen and oxygen atoms in total. The van der Waals surface area contributed by atoms with Crippen LogP contribution in [0.2, 0.25) is 0 Å². The Labute approximate surface area is 260 Å². The Hall–Kier alpha value is -3.35. The van der Waals surface area contributed by atoms with E-state index in [1.807, 2.05) is 84.9 Å². The topological polar surface area (TPSA) is 87.7 Å². The molecule has 0 aliphatic rings. The summed E-state index contributed by atoms with van der Waals surface area (Å²) in [4.78, 5) is 44.1. The summed E-state index contributed by atoms with van der Waals surface area (Å²) in [5.41, 5.74) is 4.69. The van der Waals surface area contributed by atoms with E-state index >= 15 is 0 Å². The first-order valence-electron chi connectivity index (χ1n) is 15.7. The number of carbonyl (C=O) groups excluding carboxylic acids is 3. The highest BCUT2D eigenvalue weighted by molar-refractivity contribution is 6.00. The molecule has 2 rings (SSSR count). The minimum atomic E-state index is -0.916. The molecule has 4 unspecified atom stereocenters. The van der Waals surface area contributed by atoms with Crippen LogP contribution in [0.4, 0.5) is 10.5 Å². The smallest absolute Gasteiger partial charge is 0.408 e. The summed E-state index contributed by atoms with van der Waals surface area (Å²) >= 11 is 0. The molecule has 0 fully saturated rings. The highest BCUT2D eigenvalue weighted by Crippen LogP contribution is 2.33. The molecular weight excluding hydrogens is 538 g/mol. The maximum Gasteiger partial charge on any atom is 0.408 e. The van der Waals surface area contributed by atoms with Crippen LogP contribution in [0.25, 0.3) is 0 Å². The van der Waals surface area contributed by atoms with Crippen LogP contribution in [-0.2, 0) is 14.3 Å². The Morgan fingerprint density at radius 2 is 1.42 bits per heavy atom. The first-order valence-corrected chi connectivity index (χ1v) is 15.7. The monoisotopic (exact) mass is 593 g/mol. The molecule has 0 saturated carbocycles. The molecule has 0 saturated heterocycles. The molecule has 0 aliphatic carbocycles. The second-order valence-corrected chi connectivity index (χ2v) is 13.5. The lowest BCUT2D eigenvalue weighted by molar-refractivity contribution is -0.144. The van der Waals surface area contributed by atoms with E-state index in [1.54, 1.807) is 25.7 Å². The molecule has 238 valence electrons. The van der Waals surface area contributed by atoms with E-state index in [1.165, 1.54) is 0 Å². The SMILES string of the molecule is CCC(C)C(NC(=O)OC(C)(C)C)C(=O)N(C(C)CCC(C)C)C(C(=O)Nc1c(C)cccc1C)c1cccc(C)c1C. The summed E-state index contributed by atoms with van der Waals surface area (Å²) in [6.07, 6.45) is 1.60. The van der Waals surface area contributed by atoms with Gasteiger partial charge in [-0.2, -0.15) is 0 Å². The molecule has 0 heterocycles. The van der Waals surface area contributed by atoms with Crippen LogP contribution in [0, 0.1) is 39.5 Å². The van der Waals surface area contributed by atoms with Gasteiger partial charge >= 0.3 is 6.09 Å². The molecule has 0 bridgehead atoms. The van der Waals surface area contributed by atoms with Crippen molar-refractivity contribution in [3.63, 3.8) is 0 Å². The van der Waals surface area contributed by atoms with Crippen LogP contribution in [0.15, 0.2) is 36.4 Å². The molecule has 0 aromatic heterocycles. The molecule has 2 N–H and O–H groups in total. The van der Waals surface area contributed by atoms with Gasteiger partial charge in [-0.05, 0) is 108 Å². The van der Waals surface area contributed by atoms with E-state index in [2.05, 4.69) is 24.5 Å². The van der Waals surface area contributed by atoms with Crippen LogP contribution in [0.1, 0.15) is 109 Å². The van der Waals surface area contributed by atoms with Gasteiger partial charge < -0.3 is 20.3 Å². The summed E-state index contributed by atoms with van der Waals surface area (Å²) in [5.74, 6) is -0.344. The van der Waals surface area contributed by atoms with Crippen molar-refractivity contribution in [3.05, 3.63) is 64.2 Å². The average Bonchev–Trinajstić information content (AvgIpc) is 2.91. The number of hydrogen-bond donors (Lipinski definition) is 2. The minimum absolute atomic E-state index is 0.194. The number of nitrogens with zero attached hydrogens (tertiary/aromatic N) is 1. The lowest BCUT2D eigenvalue weighted by Crippen LogP contribution is -2.57. The third-order valence-corrected chi connectivity index (χ3v) is 8.24. The molecule has 7 heteroatoms. The molecule has 4 atom stereocenters. The maximum atomic E-state index is 14.8. The molecule has 2 aromatic rings. The number of alkyl carbamates (subject to hydrolysis) is 1. The van der Waals surface area contributed by atoms with E-state index in [-0.39, 0.29) is 23.8 Å². The van der Waals surface area contributed by atoms with E-state index in [0.29, 0.717) is 18.8 Å². The normalized spacial score (nSPS) is 14.4. The zero-order valence-corrected chi connectivity index (χ0v) is 28.6. The van der Waals surface area contributed by atoms with Gasteiger partial charge in [-0.15, -0.1) is 0 Å².